The van der Waals surface area contributed by atoms with Crippen molar-refractivity contribution in [3.63, 3.8) is 0 Å². The quantitative estimate of drug-likeness (QED) is 0.837. The van der Waals surface area contributed by atoms with Crippen LogP contribution in [0.4, 0.5) is 0 Å². The number of aliphatic hydroxyl groups is 1. The molecule has 1 heterocycles. The van der Waals surface area contributed by atoms with Crippen LogP contribution < -0.4 is 4.74 Å². The Morgan fingerprint density at radius 3 is 2.80 bits per heavy atom. The molecule has 0 radical (unpaired) electrons. The van der Waals surface area contributed by atoms with Gasteiger partial charge in [0.05, 0.1) is 6.61 Å². The summed E-state index contributed by atoms with van der Waals surface area (Å²) >= 11 is 0. The molecule has 1 fully saturated rings. The molecule has 1 aromatic carbocycles. The van der Waals surface area contributed by atoms with E-state index in [0.717, 1.165) is 19.5 Å². The number of hydrogen-bond donors (Lipinski definition) is 2. The molecule has 2 N–H and O–H groups in total. The monoisotopic (exact) mass is 279 g/mol. The molecule has 0 spiro atoms. The van der Waals surface area contributed by atoms with Crippen molar-refractivity contribution in [1.29, 1.82) is 0 Å². The fourth-order valence-electron chi connectivity index (χ4n) is 2.78. The van der Waals surface area contributed by atoms with E-state index in [1.54, 1.807) is 18.2 Å². The van der Waals surface area contributed by atoms with Crippen LogP contribution in [-0.4, -0.2) is 47.5 Å². The van der Waals surface area contributed by atoms with Crippen molar-refractivity contribution in [2.24, 2.45) is 11.8 Å². The van der Waals surface area contributed by atoms with Gasteiger partial charge in [0.1, 0.15) is 11.5 Å². The first-order valence-corrected chi connectivity index (χ1v) is 7.37. The Balaban J connectivity index is 1.87. The van der Waals surface area contributed by atoms with Crippen molar-refractivity contribution >= 4 is 0 Å². The van der Waals surface area contributed by atoms with Crippen LogP contribution in [0.3, 0.4) is 0 Å². The minimum atomic E-state index is 0.148. The molecule has 4 heteroatoms. The summed E-state index contributed by atoms with van der Waals surface area (Å²) in [4.78, 5) is 2.45. The van der Waals surface area contributed by atoms with E-state index in [9.17, 15) is 10.2 Å². The van der Waals surface area contributed by atoms with E-state index in [4.69, 9.17) is 4.74 Å². The van der Waals surface area contributed by atoms with Crippen LogP contribution in [0.5, 0.6) is 11.5 Å². The van der Waals surface area contributed by atoms with Crippen molar-refractivity contribution in [1.82, 2.24) is 4.90 Å². The minimum Gasteiger partial charge on any atom is -0.508 e. The van der Waals surface area contributed by atoms with E-state index in [-0.39, 0.29) is 18.3 Å². The lowest BCUT2D eigenvalue weighted by Gasteiger charge is -2.24. The van der Waals surface area contributed by atoms with Crippen LogP contribution >= 0.6 is 0 Å². The highest BCUT2D eigenvalue weighted by molar-refractivity contribution is 5.31. The highest BCUT2D eigenvalue weighted by Gasteiger charge is 2.30. The lowest BCUT2D eigenvalue weighted by atomic mass is 9.93. The topological polar surface area (TPSA) is 52.9 Å². The first kappa shape index (κ1) is 15.1. The van der Waals surface area contributed by atoms with Crippen molar-refractivity contribution in [2.45, 2.75) is 26.3 Å². The molecule has 0 bridgehead atoms. The maximum atomic E-state index is 9.60. The molecule has 0 aliphatic carbocycles. The maximum Gasteiger partial charge on any atom is 0.122 e. The summed E-state index contributed by atoms with van der Waals surface area (Å²) in [7, 11) is 0. The zero-order valence-corrected chi connectivity index (χ0v) is 12.3. The molecule has 0 saturated carbocycles. The summed E-state index contributed by atoms with van der Waals surface area (Å²) in [5.41, 5.74) is 0. The van der Waals surface area contributed by atoms with E-state index in [1.165, 1.54) is 0 Å². The molecule has 2 unspecified atom stereocenters. The fraction of sp³-hybridized carbons (Fsp3) is 0.625. The van der Waals surface area contributed by atoms with E-state index < -0.39 is 0 Å². The largest absolute Gasteiger partial charge is 0.508 e. The summed E-state index contributed by atoms with van der Waals surface area (Å²) in [5, 5.41) is 19.0. The molecule has 0 aromatic heterocycles. The van der Waals surface area contributed by atoms with Gasteiger partial charge < -0.3 is 19.8 Å². The Hall–Kier alpha value is -1.26. The molecule has 20 heavy (non-hydrogen) atoms. The maximum absolute atomic E-state index is 9.60. The highest BCUT2D eigenvalue weighted by Crippen LogP contribution is 2.27. The van der Waals surface area contributed by atoms with Gasteiger partial charge in [0, 0.05) is 31.2 Å². The van der Waals surface area contributed by atoms with Crippen LogP contribution in [0.25, 0.3) is 0 Å². The molecule has 2 atom stereocenters. The van der Waals surface area contributed by atoms with Crippen molar-refractivity contribution < 1.29 is 14.9 Å². The second-order valence-corrected chi connectivity index (χ2v) is 5.89. The Morgan fingerprint density at radius 1 is 1.40 bits per heavy atom. The lowest BCUT2D eigenvalue weighted by Crippen LogP contribution is -2.31. The normalized spacial score (nSPS) is 21.3. The van der Waals surface area contributed by atoms with Gasteiger partial charge in [-0.3, -0.25) is 0 Å². The van der Waals surface area contributed by atoms with Crippen molar-refractivity contribution in [3.8, 4) is 11.5 Å². The van der Waals surface area contributed by atoms with Gasteiger partial charge in [0.2, 0.25) is 0 Å². The average Bonchev–Trinajstić information content (AvgIpc) is 2.89. The smallest absolute Gasteiger partial charge is 0.122 e. The highest BCUT2D eigenvalue weighted by atomic mass is 16.5. The molecule has 1 saturated heterocycles. The molecular formula is C16H25NO3. The van der Waals surface area contributed by atoms with Gasteiger partial charge in [-0.05, 0) is 44.9 Å². The van der Waals surface area contributed by atoms with E-state index in [2.05, 4.69) is 18.7 Å². The van der Waals surface area contributed by atoms with Gasteiger partial charge in [-0.2, -0.15) is 0 Å². The van der Waals surface area contributed by atoms with Gasteiger partial charge in [-0.1, -0.05) is 6.07 Å². The number of ether oxygens (including phenoxy) is 1. The summed E-state index contributed by atoms with van der Waals surface area (Å²) in [6.45, 7) is 7.20. The van der Waals surface area contributed by atoms with Crippen molar-refractivity contribution in [3.05, 3.63) is 24.3 Å². The minimum absolute atomic E-state index is 0.148. The zero-order valence-electron chi connectivity index (χ0n) is 12.3. The van der Waals surface area contributed by atoms with E-state index >= 15 is 0 Å². The predicted molar refractivity (Wildman–Crippen MR) is 79.0 cm³/mol. The summed E-state index contributed by atoms with van der Waals surface area (Å²) in [6, 6.07) is 7.36. The van der Waals surface area contributed by atoms with Crippen LogP contribution in [0.2, 0.25) is 0 Å². The van der Waals surface area contributed by atoms with Crippen LogP contribution in [0, 0.1) is 11.8 Å². The number of aliphatic hydroxyl groups excluding tert-OH is 1. The molecule has 1 aromatic rings. The number of likely N-dealkylation sites (tertiary alicyclic amines) is 1. The van der Waals surface area contributed by atoms with Gasteiger partial charge in [0.15, 0.2) is 0 Å². The zero-order chi connectivity index (χ0) is 14.5. The van der Waals surface area contributed by atoms with E-state index in [0.29, 0.717) is 24.3 Å². The van der Waals surface area contributed by atoms with Crippen LogP contribution in [0.1, 0.15) is 20.3 Å². The number of phenolic OH excluding ortho intramolecular Hbond substituents is 1. The summed E-state index contributed by atoms with van der Waals surface area (Å²) in [5.74, 6) is 1.50. The molecule has 2 rings (SSSR count). The number of hydrogen-bond acceptors (Lipinski definition) is 4. The van der Waals surface area contributed by atoms with E-state index in [1.807, 2.05) is 6.07 Å². The van der Waals surface area contributed by atoms with Gasteiger partial charge in [0.25, 0.3) is 0 Å². The average molecular weight is 279 g/mol. The first-order chi connectivity index (χ1) is 9.60. The van der Waals surface area contributed by atoms with Crippen molar-refractivity contribution in [2.75, 3.05) is 26.3 Å². The second-order valence-electron chi connectivity index (χ2n) is 5.89. The van der Waals surface area contributed by atoms with Gasteiger partial charge >= 0.3 is 0 Å². The predicted octanol–water partition coefficient (Wildman–Crippen LogP) is 2.11. The van der Waals surface area contributed by atoms with Gasteiger partial charge in [-0.25, -0.2) is 0 Å². The number of phenols is 1. The Kier molecular flexibility index (Phi) is 5.26. The third kappa shape index (κ3) is 3.87. The summed E-state index contributed by atoms with van der Waals surface area (Å²) in [6.07, 6.45) is 1.12. The Labute approximate surface area is 121 Å². The summed E-state index contributed by atoms with van der Waals surface area (Å²) < 4.78 is 5.71. The molecule has 4 nitrogen and oxygen atoms in total. The SMILES string of the molecule is CC(C)N1CCC(C(CO)COc2cccc(O)c2)C1. The molecule has 0 amide bonds. The number of nitrogens with zero attached hydrogens (tertiary/aromatic N) is 1. The molecule has 1 aliphatic rings. The van der Waals surface area contributed by atoms with Crippen LogP contribution in [0.15, 0.2) is 24.3 Å². The third-order valence-electron chi connectivity index (χ3n) is 4.17. The standard InChI is InChI=1S/C16H25NO3/c1-12(2)17-7-6-13(9-17)14(10-18)11-20-16-5-3-4-15(19)8-16/h3-5,8,12-14,18-19H,6-7,9-11H2,1-2H3. The third-order valence-corrected chi connectivity index (χ3v) is 4.17. The number of rotatable bonds is 6. The lowest BCUT2D eigenvalue weighted by molar-refractivity contribution is 0.116. The molecular weight excluding hydrogens is 254 g/mol. The molecule has 1 aliphatic heterocycles. The Bertz CT molecular complexity index is 422. The Morgan fingerprint density at radius 2 is 2.20 bits per heavy atom. The second kappa shape index (κ2) is 6.95. The van der Waals surface area contributed by atoms with Gasteiger partial charge in [-0.15, -0.1) is 0 Å². The fourth-order valence-corrected chi connectivity index (χ4v) is 2.78. The number of aromatic hydroxyl groups is 1. The molecule has 112 valence electrons. The first-order valence-electron chi connectivity index (χ1n) is 7.37. The number of benzene rings is 1. The van der Waals surface area contributed by atoms with Crippen LogP contribution in [-0.2, 0) is 0 Å².